The van der Waals surface area contributed by atoms with E-state index in [9.17, 15) is 5.11 Å². The number of aliphatic hydroxyl groups excluding tert-OH is 1. The Hall–Kier alpha value is -0.980. The quantitative estimate of drug-likeness (QED) is 0.910. The number of aliphatic hydroxyl groups is 1. The van der Waals surface area contributed by atoms with Crippen LogP contribution in [-0.4, -0.2) is 20.3 Å². The molecule has 0 spiro atoms. The monoisotopic (exact) mass is 253 g/mol. The van der Waals surface area contributed by atoms with Gasteiger partial charge >= 0.3 is 0 Å². The maximum absolute atomic E-state index is 9.32. The maximum atomic E-state index is 9.32. The van der Waals surface area contributed by atoms with Gasteiger partial charge in [0.15, 0.2) is 4.34 Å². The molecule has 0 saturated heterocycles. The fourth-order valence-electron chi connectivity index (χ4n) is 1.12. The molecule has 6 heteroatoms. The third kappa shape index (κ3) is 2.78. The summed E-state index contributed by atoms with van der Waals surface area (Å²) < 4.78 is 0.907. The van der Waals surface area contributed by atoms with E-state index >= 15 is 0 Å². The second kappa shape index (κ2) is 4.90. The molecule has 0 aliphatic carbocycles. The van der Waals surface area contributed by atoms with E-state index in [4.69, 9.17) is 0 Å². The normalized spacial score (nSPS) is 12.7. The van der Waals surface area contributed by atoms with Crippen LogP contribution in [0.2, 0.25) is 0 Å². The molecule has 0 radical (unpaired) electrons. The smallest absolute Gasteiger partial charge is 0.179 e. The molecule has 1 atom stereocenters. The van der Waals surface area contributed by atoms with E-state index < -0.39 is 6.10 Å². The summed E-state index contributed by atoms with van der Waals surface area (Å²) in [6.07, 6.45) is 1.21. The molecule has 2 aromatic rings. The van der Waals surface area contributed by atoms with Crippen molar-refractivity contribution in [1.82, 2.24) is 15.2 Å². The van der Waals surface area contributed by atoms with Gasteiger partial charge in [0.2, 0.25) is 0 Å². The van der Waals surface area contributed by atoms with Crippen LogP contribution >= 0.6 is 23.1 Å². The highest BCUT2D eigenvalue weighted by atomic mass is 32.2. The maximum Gasteiger partial charge on any atom is 0.179 e. The first-order chi connectivity index (χ1) is 7.65. The first-order valence-electron chi connectivity index (χ1n) is 4.77. The van der Waals surface area contributed by atoms with E-state index in [2.05, 4.69) is 15.2 Å². The summed E-state index contributed by atoms with van der Waals surface area (Å²) in [6.45, 7) is 3.62. The second-order valence-electron chi connectivity index (χ2n) is 3.28. The number of hydrogen-bond donors (Lipinski definition) is 1. The van der Waals surface area contributed by atoms with Gasteiger partial charge in [0.25, 0.3) is 0 Å². The Kier molecular flexibility index (Phi) is 3.52. The largest absolute Gasteiger partial charge is 0.387 e. The Labute approximate surface area is 102 Å². The molecule has 4 nitrogen and oxygen atoms in total. The van der Waals surface area contributed by atoms with Crippen molar-refractivity contribution in [2.45, 2.75) is 29.2 Å². The fourth-order valence-corrected chi connectivity index (χ4v) is 2.88. The highest BCUT2D eigenvalue weighted by Gasteiger charge is 2.05. The van der Waals surface area contributed by atoms with Crippen molar-refractivity contribution < 1.29 is 5.11 Å². The Morgan fingerprint density at radius 3 is 2.69 bits per heavy atom. The zero-order valence-corrected chi connectivity index (χ0v) is 10.5. The molecule has 1 N–H and O–H groups in total. The first-order valence-corrected chi connectivity index (χ1v) is 6.40. The van der Waals surface area contributed by atoms with Gasteiger partial charge in [0.1, 0.15) is 5.01 Å². The van der Waals surface area contributed by atoms with E-state index in [1.165, 1.54) is 11.8 Å². The van der Waals surface area contributed by atoms with Gasteiger partial charge in [-0.3, -0.25) is 4.98 Å². The lowest BCUT2D eigenvalue weighted by Gasteiger charge is -2.03. The number of rotatable bonds is 3. The van der Waals surface area contributed by atoms with Gasteiger partial charge in [-0.1, -0.05) is 23.1 Å². The van der Waals surface area contributed by atoms with Gasteiger partial charge in [0.05, 0.1) is 11.8 Å². The Morgan fingerprint density at radius 1 is 1.38 bits per heavy atom. The van der Waals surface area contributed by atoms with Crippen LogP contribution in [0.15, 0.2) is 27.6 Å². The highest BCUT2D eigenvalue weighted by molar-refractivity contribution is 8.01. The second-order valence-corrected chi connectivity index (χ2v) is 5.79. The third-order valence-electron chi connectivity index (χ3n) is 1.90. The van der Waals surface area contributed by atoms with Crippen LogP contribution in [0.1, 0.15) is 23.7 Å². The summed E-state index contributed by atoms with van der Waals surface area (Å²) in [5.74, 6) is 0. The molecule has 0 aromatic carbocycles. The van der Waals surface area contributed by atoms with Crippen LogP contribution in [0, 0.1) is 6.92 Å². The van der Waals surface area contributed by atoms with Crippen LogP contribution in [0.4, 0.5) is 0 Å². The van der Waals surface area contributed by atoms with Crippen LogP contribution in [0.25, 0.3) is 0 Å². The minimum atomic E-state index is -0.525. The van der Waals surface area contributed by atoms with Crippen LogP contribution in [-0.2, 0) is 0 Å². The van der Waals surface area contributed by atoms with Crippen molar-refractivity contribution in [3.63, 3.8) is 0 Å². The molecule has 1 unspecified atom stereocenters. The predicted octanol–water partition coefficient (Wildman–Crippen LogP) is 2.45. The molecular formula is C10H11N3OS2. The first kappa shape index (κ1) is 11.5. The molecular weight excluding hydrogens is 242 g/mol. The molecule has 0 fully saturated rings. The average molecular weight is 253 g/mol. The van der Waals surface area contributed by atoms with Gasteiger partial charge in [-0.25, -0.2) is 0 Å². The fraction of sp³-hybridized carbons (Fsp3) is 0.300. The van der Waals surface area contributed by atoms with Crippen molar-refractivity contribution >= 4 is 23.1 Å². The van der Waals surface area contributed by atoms with Crippen molar-refractivity contribution in [2.24, 2.45) is 0 Å². The summed E-state index contributed by atoms with van der Waals surface area (Å²) in [5.41, 5.74) is 0.679. The van der Waals surface area contributed by atoms with Crippen molar-refractivity contribution in [3.8, 4) is 0 Å². The van der Waals surface area contributed by atoms with Crippen molar-refractivity contribution in [1.29, 1.82) is 0 Å². The topological polar surface area (TPSA) is 58.9 Å². The summed E-state index contributed by atoms with van der Waals surface area (Å²) in [7, 11) is 0. The standard InChI is InChI=1S/C10H11N3OS2/c1-6(14)9-4-3-8(5-11-9)16-10-13-12-7(2)15-10/h3-6,14H,1-2H3. The van der Waals surface area contributed by atoms with Gasteiger partial charge in [-0.15, -0.1) is 10.2 Å². The van der Waals surface area contributed by atoms with Crippen molar-refractivity contribution in [3.05, 3.63) is 29.0 Å². The highest BCUT2D eigenvalue weighted by Crippen LogP contribution is 2.29. The summed E-state index contributed by atoms with van der Waals surface area (Å²) in [5, 5.41) is 18.2. The van der Waals surface area contributed by atoms with Gasteiger partial charge in [-0.2, -0.15) is 0 Å². The lowest BCUT2D eigenvalue weighted by Crippen LogP contribution is -1.94. The molecule has 84 valence electrons. The molecule has 0 aliphatic heterocycles. The number of pyridine rings is 1. The SMILES string of the molecule is Cc1nnc(Sc2ccc(C(C)O)nc2)s1. The zero-order valence-electron chi connectivity index (χ0n) is 8.91. The van der Waals surface area contributed by atoms with Gasteiger partial charge in [0, 0.05) is 11.1 Å². The molecule has 0 amide bonds. The number of aryl methyl sites for hydroxylation is 1. The predicted molar refractivity (Wildman–Crippen MR) is 63.6 cm³/mol. The molecule has 0 saturated carbocycles. The average Bonchev–Trinajstić information content (AvgIpc) is 2.65. The lowest BCUT2D eigenvalue weighted by molar-refractivity contribution is 0.194. The summed E-state index contributed by atoms with van der Waals surface area (Å²) >= 11 is 3.09. The molecule has 0 aliphatic rings. The number of aromatic nitrogens is 3. The van der Waals surface area contributed by atoms with E-state index in [-0.39, 0.29) is 0 Å². The Balaban J connectivity index is 2.11. The molecule has 0 bridgehead atoms. The van der Waals surface area contributed by atoms with Gasteiger partial charge < -0.3 is 5.11 Å². The Morgan fingerprint density at radius 2 is 2.19 bits per heavy atom. The summed E-state index contributed by atoms with van der Waals surface area (Å²) in [6, 6.07) is 3.75. The van der Waals surface area contributed by atoms with E-state index in [0.29, 0.717) is 5.69 Å². The van der Waals surface area contributed by atoms with Crippen LogP contribution in [0.5, 0.6) is 0 Å². The molecule has 2 heterocycles. The number of nitrogens with zero attached hydrogens (tertiary/aromatic N) is 3. The summed E-state index contributed by atoms with van der Waals surface area (Å²) in [4.78, 5) is 5.17. The van der Waals surface area contributed by atoms with Crippen LogP contribution in [0.3, 0.4) is 0 Å². The van der Waals surface area contributed by atoms with E-state index in [1.54, 1.807) is 24.5 Å². The lowest BCUT2D eigenvalue weighted by atomic mass is 10.2. The Bertz CT molecular complexity index is 467. The minimum Gasteiger partial charge on any atom is -0.387 e. The minimum absolute atomic E-state index is 0.525. The molecule has 2 rings (SSSR count). The molecule has 2 aromatic heterocycles. The zero-order chi connectivity index (χ0) is 11.5. The number of hydrogen-bond acceptors (Lipinski definition) is 6. The van der Waals surface area contributed by atoms with E-state index in [1.807, 2.05) is 19.1 Å². The van der Waals surface area contributed by atoms with E-state index in [0.717, 1.165) is 14.2 Å². The molecule has 16 heavy (non-hydrogen) atoms. The third-order valence-corrected chi connectivity index (χ3v) is 3.77. The van der Waals surface area contributed by atoms with Gasteiger partial charge in [-0.05, 0) is 26.0 Å². The van der Waals surface area contributed by atoms with Crippen LogP contribution < -0.4 is 0 Å². The van der Waals surface area contributed by atoms with Crippen molar-refractivity contribution in [2.75, 3.05) is 0 Å².